The van der Waals surface area contributed by atoms with Crippen LogP contribution < -0.4 is 10.6 Å². The van der Waals surface area contributed by atoms with Crippen molar-refractivity contribution in [1.29, 1.82) is 0 Å². The molecule has 2 amide bonds. The number of Topliss-reactive ketones (excluding diaryl/α,β-unsaturated/α-hetero) is 1. The first-order valence-corrected chi connectivity index (χ1v) is 6.76. The van der Waals surface area contributed by atoms with Crippen LogP contribution in [-0.2, 0) is 6.54 Å². The smallest absolute Gasteiger partial charge is 0.319 e. The van der Waals surface area contributed by atoms with E-state index < -0.39 is 0 Å². The molecule has 4 heteroatoms. The minimum atomic E-state index is -0.270. The van der Waals surface area contributed by atoms with Crippen LogP contribution in [0.15, 0.2) is 48.5 Å². The number of urea groups is 1. The molecule has 0 saturated carbocycles. The van der Waals surface area contributed by atoms with E-state index in [0.29, 0.717) is 17.8 Å². The normalized spacial score (nSPS) is 10.0. The molecule has 0 saturated heterocycles. The molecule has 0 spiro atoms. The molecule has 0 aliphatic carbocycles. The molecule has 2 aromatic carbocycles. The van der Waals surface area contributed by atoms with Crippen LogP contribution in [0.4, 0.5) is 10.5 Å². The number of carbonyl (C=O) groups excluding carboxylic acids is 2. The molecule has 4 nitrogen and oxygen atoms in total. The Hall–Kier alpha value is -2.62. The lowest BCUT2D eigenvalue weighted by atomic mass is 10.1. The third kappa shape index (κ3) is 4.18. The number of hydrogen-bond donors (Lipinski definition) is 2. The Kier molecular flexibility index (Phi) is 4.72. The van der Waals surface area contributed by atoms with Crippen molar-refractivity contribution < 1.29 is 9.59 Å². The van der Waals surface area contributed by atoms with E-state index in [9.17, 15) is 9.59 Å². The third-order valence-electron chi connectivity index (χ3n) is 3.25. The summed E-state index contributed by atoms with van der Waals surface area (Å²) in [5, 5.41) is 5.55. The van der Waals surface area contributed by atoms with E-state index in [1.807, 2.05) is 31.2 Å². The molecule has 21 heavy (non-hydrogen) atoms. The molecule has 0 fully saturated rings. The fourth-order valence-corrected chi connectivity index (χ4v) is 1.95. The Morgan fingerprint density at radius 3 is 2.29 bits per heavy atom. The van der Waals surface area contributed by atoms with E-state index in [0.717, 1.165) is 11.1 Å². The number of hydrogen-bond acceptors (Lipinski definition) is 2. The second-order valence-corrected chi connectivity index (χ2v) is 4.87. The minimum absolute atomic E-state index is 0.00514. The molecule has 0 aliphatic rings. The number of benzene rings is 2. The average molecular weight is 282 g/mol. The van der Waals surface area contributed by atoms with Crippen LogP contribution in [0.25, 0.3) is 0 Å². The second-order valence-electron chi connectivity index (χ2n) is 4.87. The monoisotopic (exact) mass is 282 g/mol. The fourth-order valence-electron chi connectivity index (χ4n) is 1.95. The molecule has 0 atom stereocenters. The standard InChI is InChI=1S/C17H18N2O2/c1-12-5-3-4-6-15(12)11-18-17(21)19-16-9-7-14(8-10-16)13(2)20/h3-10H,11H2,1-2H3,(H2,18,19,21). The zero-order chi connectivity index (χ0) is 15.2. The van der Waals surface area contributed by atoms with Gasteiger partial charge in [-0.1, -0.05) is 24.3 Å². The van der Waals surface area contributed by atoms with Gasteiger partial charge in [0.25, 0.3) is 0 Å². The highest BCUT2D eigenvalue weighted by atomic mass is 16.2. The highest BCUT2D eigenvalue weighted by molar-refractivity contribution is 5.95. The van der Waals surface area contributed by atoms with Gasteiger partial charge in [0.05, 0.1) is 0 Å². The van der Waals surface area contributed by atoms with Gasteiger partial charge in [-0.3, -0.25) is 4.79 Å². The number of anilines is 1. The molecule has 0 heterocycles. The topological polar surface area (TPSA) is 58.2 Å². The van der Waals surface area contributed by atoms with E-state index in [1.165, 1.54) is 6.92 Å². The van der Waals surface area contributed by atoms with Gasteiger partial charge in [-0.25, -0.2) is 4.79 Å². The van der Waals surface area contributed by atoms with Crippen molar-refractivity contribution in [2.24, 2.45) is 0 Å². The maximum absolute atomic E-state index is 11.8. The van der Waals surface area contributed by atoms with Gasteiger partial charge in [0.15, 0.2) is 5.78 Å². The zero-order valence-corrected chi connectivity index (χ0v) is 12.1. The maximum Gasteiger partial charge on any atom is 0.319 e. The van der Waals surface area contributed by atoms with Crippen LogP contribution in [-0.4, -0.2) is 11.8 Å². The van der Waals surface area contributed by atoms with Gasteiger partial charge in [-0.15, -0.1) is 0 Å². The summed E-state index contributed by atoms with van der Waals surface area (Å²) >= 11 is 0. The number of carbonyl (C=O) groups is 2. The predicted octanol–water partition coefficient (Wildman–Crippen LogP) is 3.52. The van der Waals surface area contributed by atoms with Crippen molar-refractivity contribution >= 4 is 17.5 Å². The van der Waals surface area contributed by atoms with Crippen LogP contribution in [0.5, 0.6) is 0 Å². The highest BCUT2D eigenvalue weighted by Gasteiger charge is 2.04. The van der Waals surface area contributed by atoms with Gasteiger partial charge in [-0.2, -0.15) is 0 Å². The first-order valence-electron chi connectivity index (χ1n) is 6.76. The molecule has 108 valence electrons. The molecule has 2 N–H and O–H groups in total. The predicted molar refractivity (Wildman–Crippen MR) is 83.5 cm³/mol. The molecule has 0 bridgehead atoms. The Labute approximate surface area is 124 Å². The summed E-state index contributed by atoms with van der Waals surface area (Å²) in [5.74, 6) is 0.00514. The van der Waals surface area contributed by atoms with Crippen LogP contribution in [0.3, 0.4) is 0 Å². The zero-order valence-electron chi connectivity index (χ0n) is 12.1. The second kappa shape index (κ2) is 6.70. The van der Waals surface area contributed by atoms with E-state index in [2.05, 4.69) is 10.6 Å². The summed E-state index contributed by atoms with van der Waals surface area (Å²) in [4.78, 5) is 23.0. The lowest BCUT2D eigenvalue weighted by Gasteiger charge is -2.09. The lowest BCUT2D eigenvalue weighted by molar-refractivity contribution is 0.101. The SMILES string of the molecule is CC(=O)c1ccc(NC(=O)NCc2ccccc2C)cc1. The van der Waals surface area contributed by atoms with E-state index in [-0.39, 0.29) is 11.8 Å². The molecular formula is C17H18N2O2. The largest absolute Gasteiger partial charge is 0.334 e. The van der Waals surface area contributed by atoms with Crippen LogP contribution in [0.2, 0.25) is 0 Å². The van der Waals surface area contributed by atoms with Crippen molar-refractivity contribution in [1.82, 2.24) is 5.32 Å². The minimum Gasteiger partial charge on any atom is -0.334 e. The summed E-state index contributed by atoms with van der Waals surface area (Å²) in [5.41, 5.74) is 3.51. The van der Waals surface area contributed by atoms with Crippen LogP contribution >= 0.6 is 0 Å². The van der Waals surface area contributed by atoms with Crippen molar-refractivity contribution in [3.05, 3.63) is 65.2 Å². The molecule has 0 aromatic heterocycles. The van der Waals surface area contributed by atoms with Gasteiger partial charge in [0.1, 0.15) is 0 Å². The molecule has 0 unspecified atom stereocenters. The Bertz CT molecular complexity index is 648. The van der Waals surface area contributed by atoms with Crippen LogP contribution in [0.1, 0.15) is 28.4 Å². The van der Waals surface area contributed by atoms with Gasteiger partial charge < -0.3 is 10.6 Å². The molecular weight excluding hydrogens is 264 g/mol. The number of rotatable bonds is 4. The number of aryl methyl sites for hydroxylation is 1. The maximum atomic E-state index is 11.8. The first-order chi connectivity index (χ1) is 10.1. The Morgan fingerprint density at radius 1 is 1.00 bits per heavy atom. The van der Waals surface area contributed by atoms with E-state index in [1.54, 1.807) is 24.3 Å². The van der Waals surface area contributed by atoms with Crippen molar-refractivity contribution in [2.45, 2.75) is 20.4 Å². The third-order valence-corrected chi connectivity index (χ3v) is 3.25. The van der Waals surface area contributed by atoms with Gasteiger partial charge >= 0.3 is 6.03 Å². The molecule has 0 radical (unpaired) electrons. The average Bonchev–Trinajstić information content (AvgIpc) is 2.47. The van der Waals surface area contributed by atoms with Gasteiger partial charge in [0.2, 0.25) is 0 Å². The highest BCUT2D eigenvalue weighted by Crippen LogP contribution is 2.10. The number of amides is 2. The van der Waals surface area contributed by atoms with Crippen molar-refractivity contribution in [2.75, 3.05) is 5.32 Å². The summed E-state index contributed by atoms with van der Waals surface area (Å²) in [6, 6.07) is 14.4. The lowest BCUT2D eigenvalue weighted by Crippen LogP contribution is -2.28. The summed E-state index contributed by atoms with van der Waals surface area (Å²) in [6.07, 6.45) is 0. The summed E-state index contributed by atoms with van der Waals surface area (Å²) in [6.45, 7) is 4.00. The Balaban J connectivity index is 1.90. The van der Waals surface area contributed by atoms with Crippen molar-refractivity contribution in [3.8, 4) is 0 Å². The number of ketones is 1. The van der Waals surface area contributed by atoms with Gasteiger partial charge in [0, 0.05) is 17.8 Å². The van der Waals surface area contributed by atoms with Crippen molar-refractivity contribution in [3.63, 3.8) is 0 Å². The quantitative estimate of drug-likeness (QED) is 0.843. The molecule has 2 aromatic rings. The van der Waals surface area contributed by atoms with Crippen LogP contribution in [0, 0.1) is 6.92 Å². The number of nitrogens with one attached hydrogen (secondary N) is 2. The van der Waals surface area contributed by atoms with E-state index in [4.69, 9.17) is 0 Å². The molecule has 2 rings (SSSR count). The van der Waals surface area contributed by atoms with Gasteiger partial charge in [-0.05, 0) is 49.2 Å². The van der Waals surface area contributed by atoms with E-state index >= 15 is 0 Å². The summed E-state index contributed by atoms with van der Waals surface area (Å²) in [7, 11) is 0. The first kappa shape index (κ1) is 14.8. The summed E-state index contributed by atoms with van der Waals surface area (Å²) < 4.78 is 0. The Morgan fingerprint density at radius 2 is 1.67 bits per heavy atom. The molecule has 0 aliphatic heterocycles. The fraction of sp³-hybridized carbons (Fsp3) is 0.176.